The highest BCUT2D eigenvalue weighted by molar-refractivity contribution is 7.90. The molecule has 1 amide bonds. The minimum atomic E-state index is -3.02. The molecule has 7 heteroatoms. The normalized spacial score (nSPS) is 23.8. The number of carbonyl (C=O) groups excluding carboxylic acids is 1. The highest BCUT2D eigenvalue weighted by Crippen LogP contribution is 2.30. The molecule has 19 heavy (non-hydrogen) atoms. The summed E-state index contributed by atoms with van der Waals surface area (Å²) in [6.07, 6.45) is 4.34. The lowest BCUT2D eigenvalue weighted by molar-refractivity contribution is -0.148. The molecule has 1 aliphatic rings. The number of carbonyl (C=O) groups is 2. The van der Waals surface area contributed by atoms with Gasteiger partial charge >= 0.3 is 5.97 Å². The molecule has 110 valence electrons. The first-order chi connectivity index (χ1) is 8.81. The Morgan fingerprint density at radius 2 is 1.79 bits per heavy atom. The van der Waals surface area contributed by atoms with Crippen LogP contribution in [0.4, 0.5) is 0 Å². The molecule has 0 unspecified atom stereocenters. The predicted molar refractivity (Wildman–Crippen MR) is 70.4 cm³/mol. The van der Waals surface area contributed by atoms with Gasteiger partial charge in [0.2, 0.25) is 5.91 Å². The Morgan fingerprint density at radius 1 is 1.21 bits per heavy atom. The number of hydrogen-bond acceptors (Lipinski definition) is 4. The van der Waals surface area contributed by atoms with Crippen LogP contribution in [0.1, 0.15) is 32.1 Å². The molecule has 1 saturated carbocycles. The number of rotatable bonds is 6. The number of carboxylic acid groups (broad SMARTS) is 1. The largest absolute Gasteiger partial charge is 0.481 e. The summed E-state index contributed by atoms with van der Waals surface area (Å²) in [6.45, 7) is 0.273. The van der Waals surface area contributed by atoms with E-state index in [1.807, 2.05) is 0 Å². The summed E-state index contributed by atoms with van der Waals surface area (Å²) in [5.74, 6) is -2.25. The molecule has 0 bridgehead atoms. The van der Waals surface area contributed by atoms with Gasteiger partial charge in [0, 0.05) is 12.8 Å². The molecular weight excluding hydrogens is 270 g/mol. The van der Waals surface area contributed by atoms with Crippen LogP contribution in [0.2, 0.25) is 0 Å². The van der Waals surface area contributed by atoms with Gasteiger partial charge in [-0.3, -0.25) is 9.59 Å². The van der Waals surface area contributed by atoms with Gasteiger partial charge in [0.05, 0.1) is 17.6 Å². The average molecular weight is 291 g/mol. The molecule has 6 nitrogen and oxygen atoms in total. The standard InChI is InChI=1S/C12H21NO5S/c1-19(17,18)8-4-7-13-11(14)9-5-2-3-6-10(9)12(15)16/h9-10H,2-8H2,1H3,(H,13,14)(H,15,16)/t9-,10+/m1/s1. The third-order valence-corrected chi connectivity index (χ3v) is 4.44. The lowest BCUT2D eigenvalue weighted by Crippen LogP contribution is -2.40. The van der Waals surface area contributed by atoms with E-state index in [2.05, 4.69) is 5.32 Å². The maximum absolute atomic E-state index is 11.9. The van der Waals surface area contributed by atoms with E-state index in [1.165, 1.54) is 0 Å². The molecule has 0 aliphatic heterocycles. The SMILES string of the molecule is CS(=O)(=O)CCCNC(=O)[C@@H]1CCCC[C@@H]1C(=O)O. The minimum Gasteiger partial charge on any atom is -0.481 e. The van der Waals surface area contributed by atoms with Gasteiger partial charge in [-0.2, -0.15) is 0 Å². The molecule has 2 atom stereocenters. The van der Waals surface area contributed by atoms with Crippen molar-refractivity contribution in [3.8, 4) is 0 Å². The third-order valence-electron chi connectivity index (χ3n) is 3.41. The summed E-state index contributed by atoms with van der Waals surface area (Å²) in [6, 6.07) is 0. The Kier molecular flexibility index (Phi) is 5.78. The Morgan fingerprint density at radius 3 is 2.32 bits per heavy atom. The highest BCUT2D eigenvalue weighted by Gasteiger charge is 2.35. The second kappa shape index (κ2) is 6.88. The van der Waals surface area contributed by atoms with Gasteiger partial charge in [0.15, 0.2) is 0 Å². The van der Waals surface area contributed by atoms with Gasteiger partial charge in [0.25, 0.3) is 0 Å². The van der Waals surface area contributed by atoms with E-state index in [0.717, 1.165) is 19.1 Å². The van der Waals surface area contributed by atoms with E-state index in [1.54, 1.807) is 0 Å². The molecule has 0 aromatic carbocycles. The van der Waals surface area contributed by atoms with Gasteiger partial charge in [-0.25, -0.2) is 8.42 Å². The number of nitrogens with one attached hydrogen (secondary N) is 1. The maximum atomic E-state index is 11.9. The molecule has 1 aliphatic carbocycles. The van der Waals surface area contributed by atoms with E-state index in [4.69, 9.17) is 5.11 Å². The summed E-state index contributed by atoms with van der Waals surface area (Å²) in [4.78, 5) is 23.0. The van der Waals surface area contributed by atoms with E-state index in [9.17, 15) is 18.0 Å². The smallest absolute Gasteiger partial charge is 0.307 e. The maximum Gasteiger partial charge on any atom is 0.307 e. The van der Waals surface area contributed by atoms with Crippen molar-refractivity contribution < 1.29 is 23.1 Å². The first-order valence-corrected chi connectivity index (χ1v) is 8.55. The van der Waals surface area contributed by atoms with Crippen molar-refractivity contribution in [1.29, 1.82) is 0 Å². The Labute approximate surface area is 113 Å². The van der Waals surface area contributed by atoms with Crippen LogP contribution in [0.15, 0.2) is 0 Å². The Hall–Kier alpha value is -1.11. The number of sulfone groups is 1. The molecule has 0 aromatic heterocycles. The van der Waals surface area contributed by atoms with Crippen LogP contribution in [-0.4, -0.2) is 44.0 Å². The molecule has 2 N–H and O–H groups in total. The summed E-state index contributed by atoms with van der Waals surface area (Å²) in [5, 5.41) is 11.7. The first kappa shape index (κ1) is 15.9. The number of carboxylic acids is 1. The topological polar surface area (TPSA) is 101 Å². The number of amides is 1. The van der Waals surface area contributed by atoms with Crippen molar-refractivity contribution in [2.24, 2.45) is 11.8 Å². The fraction of sp³-hybridized carbons (Fsp3) is 0.833. The van der Waals surface area contributed by atoms with Crippen LogP contribution in [0, 0.1) is 11.8 Å². The zero-order valence-electron chi connectivity index (χ0n) is 11.1. The summed E-state index contributed by atoms with van der Waals surface area (Å²) in [5.41, 5.74) is 0. The van der Waals surface area contributed by atoms with Crippen LogP contribution >= 0.6 is 0 Å². The van der Waals surface area contributed by atoms with Crippen LogP contribution < -0.4 is 5.32 Å². The monoisotopic (exact) mass is 291 g/mol. The predicted octanol–water partition coefficient (Wildman–Crippen LogP) is 0.428. The lowest BCUT2D eigenvalue weighted by atomic mass is 9.79. The van der Waals surface area contributed by atoms with Gasteiger partial charge < -0.3 is 10.4 Å². The second-order valence-electron chi connectivity index (χ2n) is 5.11. The molecule has 0 heterocycles. The summed E-state index contributed by atoms with van der Waals surface area (Å²) < 4.78 is 21.9. The molecule has 0 spiro atoms. The highest BCUT2D eigenvalue weighted by atomic mass is 32.2. The second-order valence-corrected chi connectivity index (χ2v) is 7.37. The van der Waals surface area contributed by atoms with E-state index >= 15 is 0 Å². The molecule has 1 fully saturated rings. The van der Waals surface area contributed by atoms with Crippen molar-refractivity contribution in [3.05, 3.63) is 0 Å². The number of hydrogen-bond donors (Lipinski definition) is 2. The summed E-state index contributed by atoms with van der Waals surface area (Å²) >= 11 is 0. The third kappa shape index (κ3) is 5.59. The van der Waals surface area contributed by atoms with Crippen molar-refractivity contribution in [1.82, 2.24) is 5.32 Å². The van der Waals surface area contributed by atoms with E-state index in [-0.39, 0.29) is 18.2 Å². The summed E-state index contributed by atoms with van der Waals surface area (Å²) in [7, 11) is -3.02. The molecule has 0 radical (unpaired) electrons. The molecular formula is C12H21NO5S. The van der Waals surface area contributed by atoms with Crippen LogP contribution in [0.25, 0.3) is 0 Å². The van der Waals surface area contributed by atoms with Gasteiger partial charge in [0.1, 0.15) is 9.84 Å². The van der Waals surface area contributed by atoms with E-state index < -0.39 is 27.6 Å². The lowest BCUT2D eigenvalue weighted by Gasteiger charge is -2.27. The Balaban J connectivity index is 2.41. The number of aliphatic carboxylic acids is 1. The minimum absolute atomic E-state index is 0.0281. The van der Waals surface area contributed by atoms with Crippen molar-refractivity contribution >= 4 is 21.7 Å². The van der Waals surface area contributed by atoms with Gasteiger partial charge in [-0.15, -0.1) is 0 Å². The zero-order chi connectivity index (χ0) is 14.5. The first-order valence-electron chi connectivity index (χ1n) is 6.49. The molecule has 1 rings (SSSR count). The van der Waals surface area contributed by atoms with Crippen LogP contribution in [-0.2, 0) is 19.4 Å². The molecule has 0 saturated heterocycles. The van der Waals surface area contributed by atoms with Crippen LogP contribution in [0.3, 0.4) is 0 Å². The fourth-order valence-corrected chi connectivity index (χ4v) is 3.09. The average Bonchev–Trinajstić information content (AvgIpc) is 2.33. The fourth-order valence-electron chi connectivity index (χ4n) is 2.42. The van der Waals surface area contributed by atoms with Crippen molar-refractivity contribution in [3.63, 3.8) is 0 Å². The molecule has 0 aromatic rings. The van der Waals surface area contributed by atoms with Crippen molar-refractivity contribution in [2.75, 3.05) is 18.6 Å². The quantitative estimate of drug-likeness (QED) is 0.691. The van der Waals surface area contributed by atoms with E-state index in [0.29, 0.717) is 19.3 Å². The van der Waals surface area contributed by atoms with Gasteiger partial charge in [-0.1, -0.05) is 12.8 Å². The van der Waals surface area contributed by atoms with Crippen LogP contribution in [0.5, 0.6) is 0 Å². The van der Waals surface area contributed by atoms with Gasteiger partial charge in [-0.05, 0) is 19.3 Å². The zero-order valence-corrected chi connectivity index (χ0v) is 11.9. The van der Waals surface area contributed by atoms with Crippen molar-refractivity contribution in [2.45, 2.75) is 32.1 Å². The Bertz CT molecular complexity index is 431.